The molecule has 0 aliphatic heterocycles. The number of ketones is 1. The number of benzene rings is 2. The van der Waals surface area contributed by atoms with Gasteiger partial charge >= 0.3 is 5.97 Å². The van der Waals surface area contributed by atoms with E-state index in [1.54, 1.807) is 12.1 Å². The lowest BCUT2D eigenvalue weighted by Crippen LogP contribution is -2.22. The van der Waals surface area contributed by atoms with Crippen molar-refractivity contribution in [1.82, 2.24) is 10.3 Å². The van der Waals surface area contributed by atoms with Crippen LogP contribution in [0.4, 0.5) is 0 Å². The summed E-state index contributed by atoms with van der Waals surface area (Å²) in [5.41, 5.74) is 3.79. The third-order valence-corrected chi connectivity index (χ3v) is 4.93. The molecule has 0 atom stereocenters. The molecule has 30 heavy (non-hydrogen) atoms. The van der Waals surface area contributed by atoms with E-state index < -0.39 is 0 Å². The molecule has 0 fully saturated rings. The molecule has 2 aromatic carbocycles. The van der Waals surface area contributed by atoms with Crippen LogP contribution < -0.4 is 5.32 Å². The van der Waals surface area contributed by atoms with Crippen LogP contribution in [0.2, 0.25) is 0 Å². The van der Waals surface area contributed by atoms with Gasteiger partial charge in [-0.15, -0.1) is 0 Å². The molecule has 2 N–H and O–H groups in total. The summed E-state index contributed by atoms with van der Waals surface area (Å²) in [6.45, 7) is 1.78. The number of amides is 1. The first-order chi connectivity index (χ1) is 14.5. The minimum absolute atomic E-state index is 0.0648. The second kappa shape index (κ2) is 10.4. The normalized spacial score (nSPS) is 10.7. The van der Waals surface area contributed by atoms with E-state index in [1.165, 1.54) is 17.9 Å². The van der Waals surface area contributed by atoms with Crippen molar-refractivity contribution in [3.05, 3.63) is 71.4 Å². The number of carbonyl (C=O) groups excluding carboxylic acids is 3. The molecule has 0 spiro atoms. The topological polar surface area (TPSA) is 88.3 Å². The number of hydrogen-bond donors (Lipinski definition) is 2. The van der Waals surface area contributed by atoms with Crippen LogP contribution in [0.3, 0.4) is 0 Å². The molecule has 0 aliphatic carbocycles. The number of aromatic amines is 1. The quantitative estimate of drug-likeness (QED) is 0.398. The Morgan fingerprint density at radius 3 is 2.53 bits per heavy atom. The molecule has 6 heteroatoms. The van der Waals surface area contributed by atoms with E-state index in [0.29, 0.717) is 24.9 Å². The van der Waals surface area contributed by atoms with E-state index in [4.69, 9.17) is 4.74 Å². The van der Waals surface area contributed by atoms with Crippen molar-refractivity contribution in [3.8, 4) is 0 Å². The first-order valence-corrected chi connectivity index (χ1v) is 10.1. The van der Waals surface area contributed by atoms with Crippen LogP contribution in [0.15, 0.2) is 54.7 Å². The summed E-state index contributed by atoms with van der Waals surface area (Å²) in [4.78, 5) is 38.3. The van der Waals surface area contributed by atoms with Crippen LogP contribution in [0.25, 0.3) is 10.9 Å². The van der Waals surface area contributed by atoms with Crippen molar-refractivity contribution in [2.75, 3.05) is 13.2 Å². The maximum Gasteiger partial charge on any atom is 0.306 e. The lowest BCUT2D eigenvalue weighted by Gasteiger charge is -2.06. The Hall–Kier alpha value is -3.41. The van der Waals surface area contributed by atoms with E-state index >= 15 is 0 Å². The van der Waals surface area contributed by atoms with Crippen LogP contribution in [-0.2, 0) is 27.2 Å². The Kier molecular flexibility index (Phi) is 7.38. The van der Waals surface area contributed by atoms with Gasteiger partial charge in [-0.3, -0.25) is 14.4 Å². The molecule has 6 nitrogen and oxygen atoms in total. The minimum atomic E-state index is -0.366. The van der Waals surface area contributed by atoms with Crippen LogP contribution in [0.1, 0.15) is 41.3 Å². The molecule has 1 amide bonds. The lowest BCUT2D eigenvalue weighted by molar-refractivity contribution is -0.142. The molecular formula is C24H26N2O4. The fourth-order valence-corrected chi connectivity index (χ4v) is 3.30. The van der Waals surface area contributed by atoms with E-state index in [1.807, 2.05) is 36.5 Å². The number of Topliss-reactive ketones (excluding diaryl/α,β-unsaturated/α-hetero) is 1. The van der Waals surface area contributed by atoms with E-state index in [9.17, 15) is 14.4 Å². The van der Waals surface area contributed by atoms with Gasteiger partial charge in [-0.25, -0.2) is 0 Å². The van der Waals surface area contributed by atoms with Gasteiger partial charge in [0.1, 0.15) is 0 Å². The van der Waals surface area contributed by atoms with Crippen molar-refractivity contribution in [3.63, 3.8) is 0 Å². The smallest absolute Gasteiger partial charge is 0.306 e. The number of nitrogens with one attached hydrogen (secondary N) is 2. The van der Waals surface area contributed by atoms with Gasteiger partial charge in [-0.2, -0.15) is 0 Å². The number of fused-ring (bicyclic) bond motifs is 1. The highest BCUT2D eigenvalue weighted by molar-refractivity contribution is 5.98. The molecule has 156 valence electrons. The van der Waals surface area contributed by atoms with Crippen molar-refractivity contribution < 1.29 is 19.1 Å². The van der Waals surface area contributed by atoms with Crippen LogP contribution in [0, 0.1) is 0 Å². The van der Waals surface area contributed by atoms with Crippen molar-refractivity contribution >= 4 is 28.6 Å². The molecule has 0 saturated heterocycles. The highest BCUT2D eigenvalue weighted by Gasteiger charge is 2.11. The molecule has 0 aliphatic rings. The van der Waals surface area contributed by atoms with Crippen molar-refractivity contribution in [2.24, 2.45) is 0 Å². The lowest BCUT2D eigenvalue weighted by atomic mass is 10.1. The summed E-state index contributed by atoms with van der Waals surface area (Å²) < 4.78 is 5.14. The zero-order valence-corrected chi connectivity index (χ0v) is 17.1. The molecule has 0 unspecified atom stereocenters. The summed E-state index contributed by atoms with van der Waals surface area (Å²) in [5, 5.41) is 3.90. The van der Waals surface area contributed by atoms with Gasteiger partial charge in [0, 0.05) is 42.6 Å². The number of esters is 1. The van der Waals surface area contributed by atoms with Gasteiger partial charge in [0.15, 0.2) is 12.4 Å². The number of hydrogen-bond acceptors (Lipinski definition) is 4. The van der Waals surface area contributed by atoms with E-state index in [-0.39, 0.29) is 30.7 Å². The molecule has 0 bridgehead atoms. The largest absolute Gasteiger partial charge is 0.457 e. The number of ether oxygens (including phenoxy) is 1. The van der Waals surface area contributed by atoms with Crippen molar-refractivity contribution in [1.29, 1.82) is 0 Å². The number of rotatable bonds is 10. The number of aromatic nitrogens is 1. The SMILES string of the molecule is CC(=O)NCCc1ccc(C(=O)COC(=O)CCCc2c[nH]c3ccccc23)cc1. The number of carbonyl (C=O) groups is 3. The highest BCUT2D eigenvalue weighted by Crippen LogP contribution is 2.19. The Morgan fingerprint density at radius 2 is 1.77 bits per heavy atom. The monoisotopic (exact) mass is 406 g/mol. The van der Waals surface area contributed by atoms with Gasteiger partial charge in [-0.1, -0.05) is 42.5 Å². The van der Waals surface area contributed by atoms with Crippen LogP contribution in [-0.4, -0.2) is 35.8 Å². The number of para-hydroxylation sites is 1. The highest BCUT2D eigenvalue weighted by atomic mass is 16.5. The Bertz CT molecular complexity index is 1020. The summed E-state index contributed by atoms with van der Waals surface area (Å²) in [6, 6.07) is 15.2. The molecule has 0 saturated carbocycles. The fourth-order valence-electron chi connectivity index (χ4n) is 3.30. The minimum Gasteiger partial charge on any atom is -0.457 e. The van der Waals surface area contributed by atoms with Gasteiger partial charge in [-0.05, 0) is 36.5 Å². The number of H-pyrrole nitrogens is 1. The maximum atomic E-state index is 12.2. The van der Waals surface area contributed by atoms with Gasteiger partial charge < -0.3 is 15.0 Å². The second-order valence-corrected chi connectivity index (χ2v) is 7.23. The predicted molar refractivity (Wildman–Crippen MR) is 115 cm³/mol. The summed E-state index contributed by atoms with van der Waals surface area (Å²) in [7, 11) is 0. The average Bonchev–Trinajstić information content (AvgIpc) is 3.15. The Morgan fingerprint density at radius 1 is 1.00 bits per heavy atom. The summed E-state index contributed by atoms with van der Waals surface area (Å²) in [6.07, 6.45) is 4.37. The third-order valence-electron chi connectivity index (χ3n) is 4.93. The molecule has 0 radical (unpaired) electrons. The zero-order chi connectivity index (χ0) is 21.3. The van der Waals surface area contributed by atoms with Gasteiger partial charge in [0.05, 0.1) is 0 Å². The molecule has 1 aromatic heterocycles. The van der Waals surface area contributed by atoms with Crippen LogP contribution in [0.5, 0.6) is 0 Å². The second-order valence-electron chi connectivity index (χ2n) is 7.23. The predicted octanol–water partition coefficient (Wildman–Crippen LogP) is 3.60. The van der Waals surface area contributed by atoms with E-state index in [2.05, 4.69) is 16.4 Å². The summed E-state index contributed by atoms with van der Waals surface area (Å²) in [5.74, 6) is -0.659. The van der Waals surface area contributed by atoms with E-state index in [0.717, 1.165) is 17.5 Å². The first-order valence-electron chi connectivity index (χ1n) is 10.1. The molecule has 1 heterocycles. The van der Waals surface area contributed by atoms with Gasteiger partial charge in [0.2, 0.25) is 5.91 Å². The van der Waals surface area contributed by atoms with Crippen LogP contribution >= 0.6 is 0 Å². The first kappa shape index (κ1) is 21.3. The standard InChI is InChI=1S/C24H26N2O4/c1-17(27)25-14-13-18-9-11-19(12-10-18)23(28)16-30-24(29)8-4-5-20-15-26-22-7-3-2-6-21(20)22/h2-3,6-7,9-12,15,26H,4-5,8,13-14,16H2,1H3,(H,25,27). The average molecular weight is 406 g/mol. The molecule has 3 rings (SSSR count). The third kappa shape index (κ3) is 6.04. The Balaban J connectivity index is 1.38. The zero-order valence-electron chi connectivity index (χ0n) is 17.1. The molecular weight excluding hydrogens is 380 g/mol. The van der Waals surface area contributed by atoms with Gasteiger partial charge in [0.25, 0.3) is 0 Å². The number of aryl methyl sites for hydroxylation is 1. The summed E-state index contributed by atoms with van der Waals surface area (Å²) >= 11 is 0. The maximum absolute atomic E-state index is 12.2. The Labute approximate surface area is 175 Å². The fraction of sp³-hybridized carbons (Fsp3) is 0.292. The molecule has 3 aromatic rings. The van der Waals surface area contributed by atoms with Crippen molar-refractivity contribution in [2.45, 2.75) is 32.6 Å².